The summed E-state index contributed by atoms with van der Waals surface area (Å²) in [5.74, 6) is -0.373. The van der Waals surface area contributed by atoms with E-state index in [9.17, 15) is 18.1 Å². The van der Waals surface area contributed by atoms with Gasteiger partial charge in [-0.1, -0.05) is 128 Å². The first-order valence-corrected chi connectivity index (χ1v) is 14.2. The summed E-state index contributed by atoms with van der Waals surface area (Å²) in [5.41, 5.74) is 0.499. The number of rotatable bonds is 20. The number of hydrogen-bond donors (Lipinski definition) is 2. The van der Waals surface area contributed by atoms with E-state index in [2.05, 4.69) is 6.92 Å². The lowest BCUT2D eigenvalue weighted by Crippen LogP contribution is -2.03. The molecule has 1 rings (SSSR count). The number of phenolic OH excluding ortho intramolecular Hbond substituents is 1. The summed E-state index contributed by atoms with van der Waals surface area (Å²) in [6.45, 7) is 2.27. The third-order valence-corrected chi connectivity index (χ3v) is 7.12. The van der Waals surface area contributed by atoms with Crippen LogP contribution in [0.15, 0.2) is 23.1 Å². The quantitative estimate of drug-likeness (QED) is 0.154. The second kappa shape index (κ2) is 17.5. The third-order valence-electron chi connectivity index (χ3n) is 6.13. The highest BCUT2D eigenvalue weighted by atomic mass is 32.2. The molecule has 0 aliphatic heterocycles. The average Bonchev–Trinajstić information content (AvgIpc) is 2.72. The van der Waals surface area contributed by atoms with Gasteiger partial charge in [-0.05, 0) is 24.5 Å². The normalized spacial score (nSPS) is 11.8. The van der Waals surface area contributed by atoms with Gasteiger partial charge in [-0.3, -0.25) is 4.55 Å². The number of aromatic hydroxyl groups is 1. The molecule has 1 aromatic carbocycles. The molecule has 0 aliphatic rings. The number of phenols is 1. The van der Waals surface area contributed by atoms with Gasteiger partial charge in [0, 0.05) is 0 Å². The largest absolute Gasteiger partial charge is 0.506 e. The Bertz CT molecular complexity index is 670. The van der Waals surface area contributed by atoms with E-state index in [-0.39, 0.29) is 10.6 Å². The molecular formula is C26H46O4S. The Balaban J connectivity index is 1.92. The van der Waals surface area contributed by atoms with Crippen molar-refractivity contribution in [2.24, 2.45) is 0 Å². The van der Waals surface area contributed by atoms with Crippen LogP contribution in [-0.4, -0.2) is 18.1 Å². The fourth-order valence-electron chi connectivity index (χ4n) is 4.28. The Labute approximate surface area is 191 Å². The van der Waals surface area contributed by atoms with Gasteiger partial charge in [-0.25, -0.2) is 0 Å². The summed E-state index contributed by atoms with van der Waals surface area (Å²) in [6, 6.07) is 4.58. The maximum absolute atomic E-state index is 11.5. The highest BCUT2D eigenvalue weighted by molar-refractivity contribution is 7.86. The molecule has 0 spiro atoms. The van der Waals surface area contributed by atoms with Crippen molar-refractivity contribution in [2.45, 2.75) is 134 Å². The molecule has 0 aliphatic carbocycles. The summed E-state index contributed by atoms with van der Waals surface area (Å²) in [7, 11) is -4.39. The Hall–Kier alpha value is -1.07. The maximum atomic E-state index is 11.5. The van der Waals surface area contributed by atoms with Gasteiger partial charge in [-0.15, -0.1) is 0 Å². The van der Waals surface area contributed by atoms with Crippen LogP contribution in [0.2, 0.25) is 0 Å². The van der Waals surface area contributed by atoms with Crippen LogP contribution in [0.4, 0.5) is 0 Å². The Morgan fingerprint density at radius 1 is 0.645 bits per heavy atom. The molecule has 2 N–H and O–H groups in total. The van der Waals surface area contributed by atoms with Crippen LogP contribution in [0, 0.1) is 0 Å². The molecule has 180 valence electrons. The highest BCUT2D eigenvalue weighted by Crippen LogP contribution is 2.27. The predicted molar refractivity (Wildman–Crippen MR) is 130 cm³/mol. The van der Waals surface area contributed by atoms with E-state index >= 15 is 0 Å². The number of benzene rings is 1. The van der Waals surface area contributed by atoms with Crippen molar-refractivity contribution in [1.82, 2.24) is 0 Å². The number of hydrogen-bond acceptors (Lipinski definition) is 3. The van der Waals surface area contributed by atoms with Gasteiger partial charge >= 0.3 is 0 Å². The number of aryl methyl sites for hydroxylation is 1. The van der Waals surface area contributed by atoms with Gasteiger partial charge in [0.1, 0.15) is 10.6 Å². The zero-order chi connectivity index (χ0) is 22.8. The standard InChI is InChI=1S/C26H46O4S/c1-2-3-4-5-6-7-8-9-10-11-12-13-14-15-16-17-18-19-21-24-22-20-23-25(27)26(24)31(28,29)30/h20,22-23,27H,2-19,21H2,1H3,(H,28,29,30). The molecular weight excluding hydrogens is 408 g/mol. The lowest BCUT2D eigenvalue weighted by molar-refractivity contribution is 0.440. The molecule has 0 atom stereocenters. The average molecular weight is 455 g/mol. The van der Waals surface area contributed by atoms with Crippen LogP contribution in [0.3, 0.4) is 0 Å². The minimum absolute atomic E-state index is 0.332. The van der Waals surface area contributed by atoms with Crippen LogP contribution in [0.5, 0.6) is 5.75 Å². The minimum Gasteiger partial charge on any atom is -0.506 e. The molecule has 0 radical (unpaired) electrons. The fourth-order valence-corrected chi connectivity index (χ4v) is 5.12. The zero-order valence-electron chi connectivity index (χ0n) is 19.8. The predicted octanol–water partition coefficient (Wildman–Crippen LogP) is 8.22. The van der Waals surface area contributed by atoms with Crippen molar-refractivity contribution in [3.8, 4) is 5.75 Å². The van der Waals surface area contributed by atoms with Crippen LogP contribution >= 0.6 is 0 Å². The lowest BCUT2D eigenvalue weighted by Gasteiger charge is -2.09. The van der Waals surface area contributed by atoms with Crippen molar-refractivity contribution in [3.63, 3.8) is 0 Å². The van der Waals surface area contributed by atoms with Crippen LogP contribution in [0.25, 0.3) is 0 Å². The van der Waals surface area contributed by atoms with Crippen LogP contribution < -0.4 is 0 Å². The van der Waals surface area contributed by atoms with Gasteiger partial charge in [0.15, 0.2) is 0 Å². The molecule has 0 saturated heterocycles. The Morgan fingerprint density at radius 2 is 1.03 bits per heavy atom. The summed E-state index contributed by atoms with van der Waals surface area (Å²) >= 11 is 0. The van der Waals surface area contributed by atoms with Gasteiger partial charge in [0.05, 0.1) is 0 Å². The van der Waals surface area contributed by atoms with E-state index in [1.165, 1.54) is 102 Å². The van der Waals surface area contributed by atoms with Crippen molar-refractivity contribution in [2.75, 3.05) is 0 Å². The molecule has 0 bridgehead atoms. The van der Waals surface area contributed by atoms with Crippen molar-refractivity contribution >= 4 is 10.1 Å². The van der Waals surface area contributed by atoms with E-state index in [1.54, 1.807) is 12.1 Å². The van der Waals surface area contributed by atoms with E-state index < -0.39 is 10.1 Å². The van der Waals surface area contributed by atoms with E-state index in [4.69, 9.17) is 0 Å². The van der Waals surface area contributed by atoms with Crippen LogP contribution in [-0.2, 0) is 16.5 Å². The summed E-state index contributed by atoms with van der Waals surface area (Å²) < 4.78 is 32.2. The molecule has 0 amide bonds. The van der Waals surface area contributed by atoms with Crippen LogP contribution in [0.1, 0.15) is 128 Å². The molecule has 4 nitrogen and oxygen atoms in total. The molecule has 1 aromatic rings. The molecule has 31 heavy (non-hydrogen) atoms. The van der Waals surface area contributed by atoms with Gasteiger partial charge in [-0.2, -0.15) is 8.42 Å². The third kappa shape index (κ3) is 13.8. The van der Waals surface area contributed by atoms with E-state index in [1.807, 2.05) is 0 Å². The smallest absolute Gasteiger partial charge is 0.298 e. The first kappa shape index (κ1) is 28.0. The second-order valence-electron chi connectivity index (χ2n) is 9.00. The molecule has 0 saturated carbocycles. The zero-order valence-corrected chi connectivity index (χ0v) is 20.6. The van der Waals surface area contributed by atoms with Gasteiger partial charge in [0.25, 0.3) is 10.1 Å². The topological polar surface area (TPSA) is 74.6 Å². The molecule has 0 unspecified atom stereocenters. The second-order valence-corrected chi connectivity index (χ2v) is 10.4. The molecule has 0 heterocycles. The monoisotopic (exact) mass is 454 g/mol. The summed E-state index contributed by atoms with van der Waals surface area (Å²) in [4.78, 5) is -0.332. The maximum Gasteiger partial charge on any atom is 0.298 e. The minimum atomic E-state index is -4.39. The lowest BCUT2D eigenvalue weighted by atomic mass is 10.0. The van der Waals surface area contributed by atoms with E-state index in [0.717, 1.165) is 19.3 Å². The van der Waals surface area contributed by atoms with Gasteiger partial charge < -0.3 is 5.11 Å². The fraction of sp³-hybridized carbons (Fsp3) is 0.769. The molecule has 5 heteroatoms. The molecule has 0 fully saturated rings. The Kier molecular flexibility index (Phi) is 15.8. The first-order valence-electron chi connectivity index (χ1n) is 12.7. The first-order chi connectivity index (χ1) is 15.0. The Morgan fingerprint density at radius 3 is 1.42 bits per heavy atom. The van der Waals surface area contributed by atoms with Crippen molar-refractivity contribution in [1.29, 1.82) is 0 Å². The van der Waals surface area contributed by atoms with Crippen molar-refractivity contribution < 1.29 is 18.1 Å². The summed E-state index contributed by atoms with van der Waals surface area (Å²) in [5, 5.41) is 9.74. The van der Waals surface area contributed by atoms with E-state index in [0.29, 0.717) is 12.0 Å². The highest BCUT2D eigenvalue weighted by Gasteiger charge is 2.19. The summed E-state index contributed by atoms with van der Waals surface area (Å²) in [6.07, 6.45) is 24.2. The molecule has 0 aromatic heterocycles. The van der Waals surface area contributed by atoms with Gasteiger partial charge in [0.2, 0.25) is 0 Å². The number of unbranched alkanes of at least 4 members (excludes halogenated alkanes) is 17. The SMILES string of the molecule is CCCCCCCCCCCCCCCCCCCCc1cccc(O)c1S(=O)(=O)O. The van der Waals surface area contributed by atoms with Crippen molar-refractivity contribution in [3.05, 3.63) is 23.8 Å².